The maximum Gasteiger partial charge on any atom is 0.329 e. The summed E-state index contributed by atoms with van der Waals surface area (Å²) in [6, 6.07) is 11.8. The van der Waals surface area contributed by atoms with Gasteiger partial charge >= 0.3 is 6.03 Å². The van der Waals surface area contributed by atoms with Crippen molar-refractivity contribution in [1.29, 1.82) is 0 Å². The smallest absolute Gasteiger partial charge is 0.329 e. The average Bonchev–Trinajstić information content (AvgIpc) is 3.42. The molecular formula is C25H30N4O3. The summed E-state index contributed by atoms with van der Waals surface area (Å²) in [5.74, 6) is 0.266. The Balaban J connectivity index is 1.12. The van der Waals surface area contributed by atoms with E-state index in [0.29, 0.717) is 32.7 Å². The fraction of sp³-hybridized carbons (Fsp3) is 0.480. The minimum Gasteiger partial charge on any atom is -0.342 e. The highest BCUT2D eigenvalue weighted by molar-refractivity contribution is 5.95. The Labute approximate surface area is 188 Å². The Kier molecular flexibility index (Phi) is 5.49. The quantitative estimate of drug-likeness (QED) is 0.746. The van der Waals surface area contributed by atoms with Gasteiger partial charge in [0, 0.05) is 55.6 Å². The van der Waals surface area contributed by atoms with Gasteiger partial charge in [-0.2, -0.15) is 0 Å². The lowest BCUT2D eigenvalue weighted by atomic mass is 9.93. The van der Waals surface area contributed by atoms with Crippen LogP contribution in [0, 0.1) is 12.8 Å². The zero-order valence-corrected chi connectivity index (χ0v) is 18.6. The van der Waals surface area contributed by atoms with Crippen LogP contribution in [0.2, 0.25) is 0 Å². The Bertz CT molecular complexity index is 1030. The number of amides is 3. The van der Waals surface area contributed by atoms with Crippen molar-refractivity contribution in [2.24, 2.45) is 5.92 Å². The second-order valence-corrected chi connectivity index (χ2v) is 9.22. The summed E-state index contributed by atoms with van der Waals surface area (Å²) >= 11 is 0. The van der Waals surface area contributed by atoms with Gasteiger partial charge in [-0.1, -0.05) is 18.2 Å². The van der Waals surface area contributed by atoms with E-state index in [1.807, 2.05) is 64.2 Å². The number of aromatic nitrogens is 1. The number of hydrogen-bond acceptors (Lipinski definition) is 3. The third-order valence-electron chi connectivity index (χ3n) is 7.34. The van der Waals surface area contributed by atoms with Crippen LogP contribution in [0.3, 0.4) is 0 Å². The summed E-state index contributed by atoms with van der Waals surface area (Å²) in [6.45, 7) is 5.27. The van der Waals surface area contributed by atoms with E-state index in [9.17, 15) is 14.4 Å². The molecule has 3 aliphatic heterocycles. The number of carbonyl (C=O) groups excluding carboxylic acids is 3. The summed E-state index contributed by atoms with van der Waals surface area (Å²) < 4.78 is 1.73. The molecule has 168 valence electrons. The summed E-state index contributed by atoms with van der Waals surface area (Å²) in [5, 5.41) is 0. The van der Waals surface area contributed by atoms with Gasteiger partial charge in [0.15, 0.2) is 0 Å². The Morgan fingerprint density at radius 3 is 2.25 bits per heavy atom. The topological polar surface area (TPSA) is 65.9 Å². The monoisotopic (exact) mass is 434 g/mol. The molecule has 32 heavy (non-hydrogen) atoms. The van der Waals surface area contributed by atoms with Gasteiger partial charge in [-0.3, -0.25) is 14.2 Å². The molecule has 0 bridgehead atoms. The number of rotatable bonds is 3. The van der Waals surface area contributed by atoms with Gasteiger partial charge in [0.05, 0.1) is 6.54 Å². The molecule has 1 aromatic heterocycles. The maximum absolute atomic E-state index is 13.1. The fourth-order valence-electron chi connectivity index (χ4n) is 5.37. The van der Waals surface area contributed by atoms with Crippen LogP contribution >= 0.6 is 0 Å². The molecule has 2 saturated heterocycles. The van der Waals surface area contributed by atoms with Crippen LogP contribution in [-0.2, 0) is 11.3 Å². The van der Waals surface area contributed by atoms with Gasteiger partial charge in [-0.05, 0) is 56.4 Å². The zero-order chi connectivity index (χ0) is 22.2. The van der Waals surface area contributed by atoms with E-state index < -0.39 is 0 Å². The second-order valence-electron chi connectivity index (χ2n) is 9.22. The van der Waals surface area contributed by atoms with Crippen LogP contribution in [0.15, 0.2) is 42.6 Å². The Hall–Kier alpha value is -3.09. The molecule has 0 aliphatic carbocycles. The largest absolute Gasteiger partial charge is 0.342 e. The lowest BCUT2D eigenvalue weighted by Gasteiger charge is -2.39. The SMILES string of the molecule is Cc1ccccc1C(=O)N1CCC(C(=O)N2CCC(N3Cc4cccn4C3=O)CC2)CC1. The molecule has 0 radical (unpaired) electrons. The number of hydrogen-bond donors (Lipinski definition) is 0. The van der Waals surface area contributed by atoms with Gasteiger partial charge in [0.25, 0.3) is 5.91 Å². The van der Waals surface area contributed by atoms with E-state index in [-0.39, 0.29) is 29.8 Å². The first kappa shape index (κ1) is 20.8. The molecule has 3 amide bonds. The summed E-state index contributed by atoms with van der Waals surface area (Å²) in [7, 11) is 0. The maximum atomic E-state index is 13.1. The molecule has 1 aromatic carbocycles. The van der Waals surface area contributed by atoms with Crippen molar-refractivity contribution < 1.29 is 14.4 Å². The lowest BCUT2D eigenvalue weighted by molar-refractivity contribution is -0.138. The lowest BCUT2D eigenvalue weighted by Crippen LogP contribution is -2.50. The minimum atomic E-state index is -0.0124. The van der Waals surface area contributed by atoms with Crippen LogP contribution in [0.5, 0.6) is 0 Å². The van der Waals surface area contributed by atoms with Crippen molar-refractivity contribution in [2.75, 3.05) is 26.2 Å². The van der Waals surface area contributed by atoms with Crippen molar-refractivity contribution >= 4 is 17.8 Å². The van der Waals surface area contributed by atoms with Crippen molar-refractivity contribution in [2.45, 2.75) is 45.2 Å². The third kappa shape index (κ3) is 3.70. The van der Waals surface area contributed by atoms with E-state index in [1.54, 1.807) is 4.57 Å². The predicted octanol–water partition coefficient (Wildman–Crippen LogP) is 3.12. The van der Waals surface area contributed by atoms with Crippen LogP contribution in [0.4, 0.5) is 4.79 Å². The number of piperidine rings is 2. The Morgan fingerprint density at radius 2 is 1.56 bits per heavy atom. The zero-order valence-electron chi connectivity index (χ0n) is 18.6. The van der Waals surface area contributed by atoms with Crippen molar-refractivity contribution in [1.82, 2.24) is 19.3 Å². The molecule has 0 saturated carbocycles. The summed E-state index contributed by atoms with van der Waals surface area (Å²) in [4.78, 5) is 44.4. The molecular weight excluding hydrogens is 404 g/mol. The van der Waals surface area contributed by atoms with Gasteiger partial charge < -0.3 is 14.7 Å². The van der Waals surface area contributed by atoms with E-state index in [0.717, 1.165) is 42.5 Å². The molecule has 3 aliphatic rings. The highest BCUT2D eigenvalue weighted by atomic mass is 16.2. The number of benzene rings is 1. The first-order valence-corrected chi connectivity index (χ1v) is 11.6. The molecule has 5 rings (SSSR count). The molecule has 7 heteroatoms. The molecule has 4 heterocycles. The number of carbonyl (C=O) groups is 3. The Morgan fingerprint density at radius 1 is 0.875 bits per heavy atom. The van der Waals surface area contributed by atoms with Gasteiger partial charge in [-0.15, -0.1) is 0 Å². The molecule has 0 atom stereocenters. The number of nitrogens with zero attached hydrogens (tertiary/aromatic N) is 4. The van der Waals surface area contributed by atoms with Gasteiger partial charge in [0.2, 0.25) is 5.91 Å². The molecule has 7 nitrogen and oxygen atoms in total. The molecule has 0 N–H and O–H groups in total. The van der Waals surface area contributed by atoms with Crippen LogP contribution in [-0.4, -0.2) is 69.3 Å². The van der Waals surface area contributed by atoms with Crippen molar-refractivity contribution in [3.8, 4) is 0 Å². The molecule has 2 fully saturated rings. The van der Waals surface area contributed by atoms with Crippen LogP contribution in [0.1, 0.15) is 47.3 Å². The van der Waals surface area contributed by atoms with E-state index >= 15 is 0 Å². The van der Waals surface area contributed by atoms with E-state index in [1.165, 1.54) is 0 Å². The summed E-state index contributed by atoms with van der Waals surface area (Å²) in [5.41, 5.74) is 2.78. The first-order chi connectivity index (χ1) is 15.5. The van der Waals surface area contributed by atoms with E-state index in [4.69, 9.17) is 0 Å². The van der Waals surface area contributed by atoms with Crippen LogP contribution < -0.4 is 0 Å². The van der Waals surface area contributed by atoms with Gasteiger partial charge in [0.1, 0.15) is 0 Å². The molecule has 0 spiro atoms. The van der Waals surface area contributed by atoms with Crippen molar-refractivity contribution in [3.63, 3.8) is 0 Å². The number of aryl methyl sites for hydroxylation is 1. The fourth-order valence-corrected chi connectivity index (χ4v) is 5.37. The minimum absolute atomic E-state index is 0.0124. The third-order valence-corrected chi connectivity index (χ3v) is 7.34. The summed E-state index contributed by atoms with van der Waals surface area (Å²) in [6.07, 6.45) is 4.92. The van der Waals surface area contributed by atoms with Gasteiger partial charge in [-0.25, -0.2) is 4.79 Å². The predicted molar refractivity (Wildman–Crippen MR) is 120 cm³/mol. The van der Waals surface area contributed by atoms with Crippen molar-refractivity contribution in [3.05, 3.63) is 59.4 Å². The first-order valence-electron chi connectivity index (χ1n) is 11.6. The standard InChI is InChI=1S/C25H30N4O3/c1-18-5-2-3-7-22(18)24(31)27-13-8-19(9-14-27)23(30)26-15-10-20(11-16-26)29-17-21-6-4-12-28(21)25(29)32/h2-7,12,19-20H,8-11,13-17H2,1H3. The molecule has 0 unspecified atom stereocenters. The highest BCUT2D eigenvalue weighted by Gasteiger charge is 2.37. The highest BCUT2D eigenvalue weighted by Crippen LogP contribution is 2.28. The second kappa shape index (κ2) is 8.45. The number of fused-ring (bicyclic) bond motifs is 1. The normalized spacial score (nSPS) is 20.0. The van der Waals surface area contributed by atoms with Crippen LogP contribution in [0.25, 0.3) is 0 Å². The molecule has 2 aromatic rings. The number of likely N-dealkylation sites (tertiary alicyclic amines) is 2. The van der Waals surface area contributed by atoms with E-state index in [2.05, 4.69) is 0 Å². The average molecular weight is 435 g/mol.